The first-order valence-corrected chi connectivity index (χ1v) is 8.42. The van der Waals surface area contributed by atoms with E-state index in [9.17, 15) is 4.79 Å². The Labute approximate surface area is 142 Å². The Hall–Kier alpha value is -1.95. The summed E-state index contributed by atoms with van der Waals surface area (Å²) in [5.74, 6) is 0.883. The van der Waals surface area contributed by atoms with E-state index in [4.69, 9.17) is 0 Å². The van der Waals surface area contributed by atoms with Crippen molar-refractivity contribution in [3.63, 3.8) is 0 Å². The number of hydrogen-bond acceptors (Lipinski definition) is 4. The zero-order valence-corrected chi connectivity index (χ0v) is 14.6. The van der Waals surface area contributed by atoms with Crippen LogP contribution in [-0.2, 0) is 4.79 Å². The van der Waals surface area contributed by atoms with Gasteiger partial charge in [0.2, 0.25) is 5.95 Å². The zero-order chi connectivity index (χ0) is 16.2. The van der Waals surface area contributed by atoms with Gasteiger partial charge in [-0.25, -0.2) is 4.68 Å². The van der Waals surface area contributed by atoms with Gasteiger partial charge in [-0.2, -0.15) is 10.1 Å². The van der Waals surface area contributed by atoms with Gasteiger partial charge < -0.3 is 5.32 Å². The van der Waals surface area contributed by atoms with E-state index < -0.39 is 0 Å². The van der Waals surface area contributed by atoms with Crippen molar-refractivity contribution in [3.8, 4) is 0 Å². The maximum atomic E-state index is 12.9. The lowest BCUT2D eigenvalue weighted by molar-refractivity contribution is -0.118. The zero-order valence-electron chi connectivity index (χ0n) is 13.0. The molecule has 0 amide bonds. The highest BCUT2D eigenvalue weighted by atomic mass is 79.9. The minimum atomic E-state index is -0.218. The summed E-state index contributed by atoms with van der Waals surface area (Å²) in [5.41, 5.74) is 2.80. The average molecular weight is 373 g/mol. The Balaban J connectivity index is 1.91. The molecule has 2 aliphatic rings. The molecule has 118 valence electrons. The number of fused-ring (bicyclic) bond motifs is 1. The Kier molecular flexibility index (Phi) is 3.20. The maximum absolute atomic E-state index is 12.9. The molecule has 1 aliphatic carbocycles. The predicted molar refractivity (Wildman–Crippen MR) is 91.0 cm³/mol. The molecule has 2 aromatic rings. The lowest BCUT2D eigenvalue weighted by Crippen LogP contribution is -2.36. The van der Waals surface area contributed by atoms with Crippen LogP contribution in [0.15, 0.2) is 46.3 Å². The van der Waals surface area contributed by atoms with Crippen LogP contribution in [0.3, 0.4) is 0 Å². The molecule has 5 nitrogen and oxygen atoms in total. The van der Waals surface area contributed by atoms with Crippen LogP contribution in [0, 0.1) is 5.41 Å². The normalized spacial score (nSPS) is 22.4. The van der Waals surface area contributed by atoms with E-state index in [1.54, 1.807) is 4.68 Å². The number of benzene rings is 1. The molecular weight excluding hydrogens is 356 g/mol. The molecule has 1 aromatic carbocycles. The standard InChI is InChI=1S/C17H17BrN4O/c1-17(2)7-12-14(13(23)8-17)15(10-4-3-5-11(18)6-10)22-16(21-12)19-9-20-22/h3-6,9,15H,7-8H2,1-2H3,(H,19,20,21)/t15-/m1/s1. The number of Topliss-reactive ketones (excluding diaryl/α,β-unsaturated/α-hetero) is 1. The number of carbonyl (C=O) groups is 1. The number of nitrogens with one attached hydrogen (secondary N) is 1. The molecule has 1 N–H and O–H groups in total. The third kappa shape index (κ3) is 2.41. The lowest BCUT2D eigenvalue weighted by atomic mass is 9.73. The van der Waals surface area contributed by atoms with Crippen LogP contribution >= 0.6 is 15.9 Å². The van der Waals surface area contributed by atoms with Crippen molar-refractivity contribution in [2.75, 3.05) is 5.32 Å². The van der Waals surface area contributed by atoms with Crippen LogP contribution in [0.25, 0.3) is 0 Å². The van der Waals surface area contributed by atoms with Crippen LogP contribution in [0.1, 0.15) is 38.3 Å². The molecule has 1 aliphatic heterocycles. The number of hydrogen-bond donors (Lipinski definition) is 1. The molecule has 0 saturated carbocycles. The predicted octanol–water partition coefficient (Wildman–Crippen LogP) is 3.70. The van der Waals surface area contributed by atoms with Gasteiger partial charge in [0.1, 0.15) is 12.4 Å². The molecule has 4 rings (SSSR count). The third-order valence-electron chi connectivity index (χ3n) is 4.44. The number of aromatic nitrogens is 3. The van der Waals surface area contributed by atoms with Crippen LogP contribution in [0.2, 0.25) is 0 Å². The summed E-state index contributed by atoms with van der Waals surface area (Å²) in [6.45, 7) is 4.26. The SMILES string of the molecule is CC1(C)CC(=O)C2=C(C1)Nc1ncnn1[C@@H]2c1cccc(Br)c1. The van der Waals surface area contributed by atoms with E-state index in [1.807, 2.05) is 24.3 Å². The second-order valence-electron chi connectivity index (χ2n) is 6.94. The molecule has 0 fully saturated rings. The molecule has 1 atom stereocenters. The molecule has 23 heavy (non-hydrogen) atoms. The fourth-order valence-corrected chi connectivity index (χ4v) is 3.95. The summed E-state index contributed by atoms with van der Waals surface area (Å²) < 4.78 is 2.79. The number of anilines is 1. The number of carbonyl (C=O) groups excluding carboxylic acids is 1. The molecule has 0 spiro atoms. The van der Waals surface area contributed by atoms with Gasteiger partial charge in [0.05, 0.1) is 0 Å². The first kappa shape index (κ1) is 14.6. The van der Waals surface area contributed by atoms with Gasteiger partial charge in [0.25, 0.3) is 0 Å². The van der Waals surface area contributed by atoms with Gasteiger partial charge >= 0.3 is 0 Å². The maximum Gasteiger partial charge on any atom is 0.226 e. The molecule has 0 unspecified atom stereocenters. The number of halogens is 1. The van der Waals surface area contributed by atoms with Crippen LogP contribution in [0.5, 0.6) is 0 Å². The number of rotatable bonds is 1. The summed E-state index contributed by atoms with van der Waals surface area (Å²) in [7, 11) is 0. The van der Waals surface area contributed by atoms with Gasteiger partial charge in [-0.05, 0) is 29.5 Å². The third-order valence-corrected chi connectivity index (χ3v) is 4.93. The fraction of sp³-hybridized carbons (Fsp3) is 0.353. The quantitative estimate of drug-likeness (QED) is 0.828. The summed E-state index contributed by atoms with van der Waals surface area (Å²) in [4.78, 5) is 17.2. The molecule has 0 bridgehead atoms. The van der Waals surface area contributed by atoms with Crippen molar-refractivity contribution in [3.05, 3.63) is 51.9 Å². The van der Waals surface area contributed by atoms with E-state index in [0.29, 0.717) is 12.4 Å². The largest absolute Gasteiger partial charge is 0.328 e. The first-order valence-electron chi connectivity index (χ1n) is 7.63. The Morgan fingerprint density at radius 2 is 2.17 bits per heavy atom. The smallest absolute Gasteiger partial charge is 0.226 e. The van der Waals surface area contributed by atoms with Gasteiger partial charge in [-0.15, -0.1) is 0 Å². The minimum absolute atomic E-state index is 0.0348. The van der Waals surface area contributed by atoms with E-state index in [0.717, 1.165) is 27.7 Å². The molecule has 1 aromatic heterocycles. The van der Waals surface area contributed by atoms with Crippen molar-refractivity contribution >= 4 is 27.7 Å². The van der Waals surface area contributed by atoms with Crippen molar-refractivity contribution in [1.82, 2.24) is 14.8 Å². The number of allylic oxidation sites excluding steroid dienone is 2. The van der Waals surface area contributed by atoms with E-state index in [-0.39, 0.29) is 17.2 Å². The number of nitrogens with zero attached hydrogens (tertiary/aromatic N) is 3. The average Bonchev–Trinajstić information content (AvgIpc) is 2.91. The van der Waals surface area contributed by atoms with E-state index in [2.05, 4.69) is 45.2 Å². The second-order valence-corrected chi connectivity index (χ2v) is 7.86. The van der Waals surface area contributed by atoms with Crippen molar-refractivity contribution in [2.45, 2.75) is 32.7 Å². The Morgan fingerprint density at radius 3 is 2.96 bits per heavy atom. The molecule has 6 heteroatoms. The molecular formula is C17H17BrN4O. The van der Waals surface area contributed by atoms with Crippen molar-refractivity contribution < 1.29 is 4.79 Å². The molecule has 2 heterocycles. The van der Waals surface area contributed by atoms with Crippen LogP contribution in [0.4, 0.5) is 5.95 Å². The molecule has 0 radical (unpaired) electrons. The summed E-state index contributed by atoms with van der Waals surface area (Å²) in [5, 5.41) is 7.66. The first-order chi connectivity index (χ1) is 10.9. The van der Waals surface area contributed by atoms with E-state index >= 15 is 0 Å². The highest BCUT2D eigenvalue weighted by molar-refractivity contribution is 9.10. The monoisotopic (exact) mass is 372 g/mol. The van der Waals surface area contributed by atoms with Gasteiger partial charge in [0.15, 0.2) is 5.78 Å². The van der Waals surface area contributed by atoms with Gasteiger partial charge in [-0.3, -0.25) is 4.79 Å². The van der Waals surface area contributed by atoms with Crippen molar-refractivity contribution in [2.24, 2.45) is 5.41 Å². The summed E-state index contributed by atoms with van der Waals surface area (Å²) >= 11 is 3.52. The van der Waals surface area contributed by atoms with Crippen LogP contribution < -0.4 is 5.32 Å². The van der Waals surface area contributed by atoms with E-state index in [1.165, 1.54) is 6.33 Å². The fourth-order valence-electron chi connectivity index (χ4n) is 3.53. The van der Waals surface area contributed by atoms with Gasteiger partial charge in [0, 0.05) is 22.2 Å². The minimum Gasteiger partial charge on any atom is -0.328 e. The molecule has 0 saturated heterocycles. The summed E-state index contributed by atoms with van der Waals surface area (Å²) in [6.07, 6.45) is 2.93. The topological polar surface area (TPSA) is 59.8 Å². The lowest BCUT2D eigenvalue weighted by Gasteiger charge is -2.38. The Morgan fingerprint density at radius 1 is 1.35 bits per heavy atom. The number of ketones is 1. The highest BCUT2D eigenvalue weighted by Gasteiger charge is 2.41. The second kappa shape index (κ2) is 5.03. The van der Waals surface area contributed by atoms with Crippen LogP contribution in [-0.4, -0.2) is 20.5 Å². The Bertz CT molecular complexity index is 837. The highest BCUT2D eigenvalue weighted by Crippen LogP contribution is 2.45. The van der Waals surface area contributed by atoms with Gasteiger partial charge in [-0.1, -0.05) is 41.9 Å². The summed E-state index contributed by atoms with van der Waals surface area (Å²) in [6, 6.07) is 7.82. The van der Waals surface area contributed by atoms with Crippen molar-refractivity contribution in [1.29, 1.82) is 0 Å².